The van der Waals surface area contributed by atoms with Crippen molar-refractivity contribution < 1.29 is 19.6 Å². The Morgan fingerprint density at radius 1 is 1.15 bits per heavy atom. The molecule has 26 heavy (non-hydrogen) atoms. The lowest BCUT2D eigenvalue weighted by molar-refractivity contribution is -0.384. The third kappa shape index (κ3) is 3.46. The highest BCUT2D eigenvalue weighted by Gasteiger charge is 2.62. The molecule has 7 heteroatoms. The number of hydrogen-bond acceptors (Lipinski definition) is 4. The molecule has 0 saturated heterocycles. The lowest BCUT2D eigenvalue weighted by Gasteiger charge is -2.13. The summed E-state index contributed by atoms with van der Waals surface area (Å²) in [5, 5.41) is 22.8. The van der Waals surface area contributed by atoms with Gasteiger partial charge in [0.1, 0.15) is 5.54 Å². The summed E-state index contributed by atoms with van der Waals surface area (Å²) in [7, 11) is 0. The molecule has 0 spiro atoms. The Morgan fingerprint density at radius 2 is 1.81 bits per heavy atom. The topological polar surface area (TPSA) is 110 Å². The molecule has 0 heterocycles. The van der Waals surface area contributed by atoms with Crippen LogP contribution in [0.4, 0.5) is 5.69 Å². The Kier molecular flexibility index (Phi) is 4.53. The summed E-state index contributed by atoms with van der Waals surface area (Å²) >= 11 is 0. The standard InChI is InChI=1S/C19H16N2O5/c22-17(11-8-13-6-9-15(10-7-13)21(25)26)20-19(18(23)24)12-16(19)14-4-2-1-3-5-14/h1-11,16H,12H2,(H,20,22)(H,23,24)/b11-8+. The Balaban J connectivity index is 1.68. The first-order valence-electron chi connectivity index (χ1n) is 7.95. The Labute approximate surface area is 149 Å². The van der Waals surface area contributed by atoms with Gasteiger partial charge in [-0.3, -0.25) is 14.9 Å². The van der Waals surface area contributed by atoms with Crippen LogP contribution < -0.4 is 5.32 Å². The number of amides is 1. The van der Waals surface area contributed by atoms with E-state index in [1.54, 1.807) is 0 Å². The fraction of sp³-hybridized carbons (Fsp3) is 0.158. The molecule has 0 aromatic heterocycles. The number of carbonyl (C=O) groups is 2. The molecule has 0 bridgehead atoms. The first-order valence-corrected chi connectivity index (χ1v) is 7.95. The third-order valence-electron chi connectivity index (χ3n) is 4.42. The second-order valence-corrected chi connectivity index (χ2v) is 6.12. The minimum Gasteiger partial charge on any atom is -0.479 e. The number of nitro benzene ring substituents is 1. The van der Waals surface area contributed by atoms with Crippen LogP contribution in [0.25, 0.3) is 6.08 Å². The number of nitrogens with one attached hydrogen (secondary N) is 1. The molecule has 132 valence electrons. The van der Waals surface area contributed by atoms with E-state index in [-0.39, 0.29) is 11.6 Å². The van der Waals surface area contributed by atoms with Crippen molar-refractivity contribution in [2.24, 2.45) is 0 Å². The summed E-state index contributed by atoms with van der Waals surface area (Å²) < 4.78 is 0. The van der Waals surface area contributed by atoms with E-state index in [0.29, 0.717) is 12.0 Å². The van der Waals surface area contributed by atoms with E-state index in [9.17, 15) is 24.8 Å². The number of non-ortho nitro benzene ring substituents is 1. The predicted octanol–water partition coefficient (Wildman–Crippen LogP) is 2.74. The van der Waals surface area contributed by atoms with Crippen LogP contribution in [0, 0.1) is 10.1 Å². The van der Waals surface area contributed by atoms with E-state index < -0.39 is 22.3 Å². The number of carbonyl (C=O) groups excluding carboxylic acids is 1. The highest BCUT2D eigenvalue weighted by atomic mass is 16.6. The van der Waals surface area contributed by atoms with Crippen molar-refractivity contribution in [1.29, 1.82) is 0 Å². The van der Waals surface area contributed by atoms with Gasteiger partial charge in [-0.2, -0.15) is 0 Å². The lowest BCUT2D eigenvalue weighted by Crippen LogP contribution is -2.43. The van der Waals surface area contributed by atoms with Gasteiger partial charge in [-0.05, 0) is 35.8 Å². The number of hydrogen-bond donors (Lipinski definition) is 2. The fourth-order valence-corrected chi connectivity index (χ4v) is 2.92. The molecule has 1 amide bonds. The maximum absolute atomic E-state index is 12.2. The van der Waals surface area contributed by atoms with Crippen LogP contribution in [-0.2, 0) is 9.59 Å². The van der Waals surface area contributed by atoms with Crippen molar-refractivity contribution in [3.05, 3.63) is 81.9 Å². The van der Waals surface area contributed by atoms with Gasteiger partial charge >= 0.3 is 5.97 Å². The van der Waals surface area contributed by atoms with E-state index in [4.69, 9.17) is 0 Å². The zero-order valence-electron chi connectivity index (χ0n) is 13.7. The van der Waals surface area contributed by atoms with E-state index in [0.717, 1.165) is 5.56 Å². The van der Waals surface area contributed by atoms with Crippen LogP contribution in [0.1, 0.15) is 23.5 Å². The second-order valence-electron chi connectivity index (χ2n) is 6.12. The van der Waals surface area contributed by atoms with Crippen LogP contribution >= 0.6 is 0 Å². The van der Waals surface area contributed by atoms with Crippen LogP contribution in [-0.4, -0.2) is 27.4 Å². The van der Waals surface area contributed by atoms with Crippen molar-refractivity contribution in [2.75, 3.05) is 0 Å². The van der Waals surface area contributed by atoms with Crippen molar-refractivity contribution >= 4 is 23.6 Å². The molecular weight excluding hydrogens is 336 g/mol. The van der Waals surface area contributed by atoms with Crippen molar-refractivity contribution in [3.63, 3.8) is 0 Å². The van der Waals surface area contributed by atoms with E-state index in [1.165, 1.54) is 36.4 Å². The minimum atomic E-state index is -1.29. The number of nitrogens with zero attached hydrogens (tertiary/aromatic N) is 1. The molecule has 2 atom stereocenters. The van der Waals surface area contributed by atoms with Gasteiger partial charge in [0.2, 0.25) is 5.91 Å². The average molecular weight is 352 g/mol. The average Bonchev–Trinajstić information content (AvgIpc) is 3.36. The van der Waals surface area contributed by atoms with Gasteiger partial charge in [-0.1, -0.05) is 30.3 Å². The van der Waals surface area contributed by atoms with Gasteiger partial charge in [0, 0.05) is 24.1 Å². The third-order valence-corrected chi connectivity index (χ3v) is 4.42. The maximum atomic E-state index is 12.2. The van der Waals surface area contributed by atoms with E-state index in [1.807, 2.05) is 30.3 Å². The zero-order chi connectivity index (χ0) is 18.7. The van der Waals surface area contributed by atoms with Gasteiger partial charge in [0.05, 0.1) is 4.92 Å². The summed E-state index contributed by atoms with van der Waals surface area (Å²) in [4.78, 5) is 33.9. The summed E-state index contributed by atoms with van der Waals surface area (Å²) in [6.45, 7) is 0. The summed E-state index contributed by atoms with van der Waals surface area (Å²) in [5.41, 5.74) is 0.137. The Morgan fingerprint density at radius 3 is 2.38 bits per heavy atom. The first kappa shape index (κ1) is 17.3. The van der Waals surface area contributed by atoms with Gasteiger partial charge < -0.3 is 10.4 Å². The number of rotatable bonds is 6. The Bertz CT molecular complexity index is 877. The summed E-state index contributed by atoms with van der Waals surface area (Å²) in [6, 6.07) is 14.9. The molecule has 1 aliphatic carbocycles. The van der Waals surface area contributed by atoms with E-state index in [2.05, 4.69) is 5.32 Å². The summed E-state index contributed by atoms with van der Waals surface area (Å²) in [5.74, 6) is -1.86. The van der Waals surface area contributed by atoms with E-state index >= 15 is 0 Å². The smallest absolute Gasteiger partial charge is 0.330 e. The lowest BCUT2D eigenvalue weighted by atomic mass is 10.1. The molecule has 1 fully saturated rings. The van der Waals surface area contributed by atoms with Gasteiger partial charge in [0.15, 0.2) is 0 Å². The number of benzene rings is 2. The maximum Gasteiger partial charge on any atom is 0.330 e. The molecule has 0 radical (unpaired) electrons. The highest BCUT2D eigenvalue weighted by molar-refractivity contribution is 5.98. The molecule has 2 aromatic carbocycles. The number of carboxylic acids is 1. The van der Waals surface area contributed by atoms with Crippen LogP contribution in [0.3, 0.4) is 0 Å². The SMILES string of the molecule is O=C(/C=C/c1ccc([N+](=O)[O-])cc1)NC1(C(=O)O)CC1c1ccccc1. The molecule has 3 rings (SSSR count). The quantitative estimate of drug-likeness (QED) is 0.472. The first-order chi connectivity index (χ1) is 12.4. The van der Waals surface area contributed by atoms with Gasteiger partial charge in [-0.15, -0.1) is 0 Å². The van der Waals surface area contributed by atoms with Crippen LogP contribution in [0.5, 0.6) is 0 Å². The predicted molar refractivity (Wildman–Crippen MR) is 94.4 cm³/mol. The van der Waals surface area contributed by atoms with Crippen molar-refractivity contribution in [3.8, 4) is 0 Å². The van der Waals surface area contributed by atoms with Crippen LogP contribution in [0.15, 0.2) is 60.7 Å². The largest absolute Gasteiger partial charge is 0.479 e. The molecule has 2 aromatic rings. The molecule has 1 aliphatic rings. The van der Waals surface area contributed by atoms with Gasteiger partial charge in [0.25, 0.3) is 5.69 Å². The number of carboxylic acid groups (broad SMARTS) is 1. The van der Waals surface area contributed by atoms with Crippen LogP contribution in [0.2, 0.25) is 0 Å². The molecule has 2 unspecified atom stereocenters. The van der Waals surface area contributed by atoms with Crippen molar-refractivity contribution in [1.82, 2.24) is 5.32 Å². The normalized spacial score (nSPS) is 21.3. The molecule has 1 saturated carbocycles. The number of nitro groups is 1. The molecule has 0 aliphatic heterocycles. The fourth-order valence-electron chi connectivity index (χ4n) is 2.92. The molecular formula is C19H16N2O5. The minimum absolute atomic E-state index is 0.0416. The Hall–Kier alpha value is -3.48. The second kappa shape index (κ2) is 6.79. The van der Waals surface area contributed by atoms with Gasteiger partial charge in [-0.25, -0.2) is 4.79 Å². The molecule has 7 nitrogen and oxygen atoms in total. The highest BCUT2D eigenvalue weighted by Crippen LogP contribution is 2.51. The monoisotopic (exact) mass is 352 g/mol. The summed E-state index contributed by atoms with van der Waals surface area (Å²) in [6.07, 6.45) is 3.05. The number of aliphatic carboxylic acids is 1. The molecule has 2 N–H and O–H groups in total. The zero-order valence-corrected chi connectivity index (χ0v) is 13.7. The van der Waals surface area contributed by atoms with Crippen molar-refractivity contribution in [2.45, 2.75) is 17.9 Å².